The standard InChI is InChI=1S/C24H27NO5S/c1-5-18-15(2)14-25(23(18)27)21-19-13-17(31(28,29)16-9-7-6-8-10-16)11-12-20(19)30-24(3,4)22(21)26/h6-13,21-22,26H,5,14H2,1-4H3. The van der Waals surface area contributed by atoms with E-state index in [4.69, 9.17) is 4.74 Å². The molecule has 164 valence electrons. The van der Waals surface area contributed by atoms with E-state index < -0.39 is 27.6 Å². The Morgan fingerprint density at radius 2 is 1.81 bits per heavy atom. The molecular weight excluding hydrogens is 414 g/mol. The maximum atomic E-state index is 13.2. The summed E-state index contributed by atoms with van der Waals surface area (Å²) in [5.41, 5.74) is 1.27. The normalized spacial score (nSPS) is 23.0. The van der Waals surface area contributed by atoms with E-state index in [1.807, 2.05) is 13.8 Å². The number of fused-ring (bicyclic) bond motifs is 1. The number of sulfone groups is 1. The number of carbonyl (C=O) groups excluding carboxylic acids is 1. The van der Waals surface area contributed by atoms with Crippen LogP contribution in [0.4, 0.5) is 0 Å². The van der Waals surface area contributed by atoms with Gasteiger partial charge >= 0.3 is 0 Å². The van der Waals surface area contributed by atoms with E-state index in [1.54, 1.807) is 55.1 Å². The first-order chi connectivity index (χ1) is 14.6. The SMILES string of the molecule is CCC1=C(C)CN(C2c3cc(S(=O)(=O)c4ccccc4)ccc3OC(C)(C)C2O)C1=O. The first-order valence-electron chi connectivity index (χ1n) is 10.4. The summed E-state index contributed by atoms with van der Waals surface area (Å²) in [6.45, 7) is 7.79. The second-order valence-corrected chi connectivity index (χ2v) is 10.6. The van der Waals surface area contributed by atoms with Gasteiger partial charge in [-0.2, -0.15) is 0 Å². The minimum absolute atomic E-state index is 0.102. The van der Waals surface area contributed by atoms with Gasteiger partial charge in [-0.15, -0.1) is 0 Å². The van der Waals surface area contributed by atoms with Crippen LogP contribution in [0.2, 0.25) is 0 Å². The molecule has 2 atom stereocenters. The Balaban J connectivity index is 1.84. The predicted molar refractivity (Wildman–Crippen MR) is 116 cm³/mol. The van der Waals surface area contributed by atoms with E-state index in [0.717, 1.165) is 11.1 Å². The number of hydrogen-bond acceptors (Lipinski definition) is 5. The van der Waals surface area contributed by atoms with Crippen molar-refractivity contribution in [2.45, 2.75) is 61.7 Å². The van der Waals surface area contributed by atoms with Crippen molar-refractivity contribution >= 4 is 15.7 Å². The van der Waals surface area contributed by atoms with Gasteiger partial charge < -0.3 is 14.7 Å². The lowest BCUT2D eigenvalue weighted by Crippen LogP contribution is -2.54. The van der Waals surface area contributed by atoms with Crippen LogP contribution in [0.5, 0.6) is 5.75 Å². The lowest BCUT2D eigenvalue weighted by molar-refractivity contribution is -0.138. The van der Waals surface area contributed by atoms with Crippen LogP contribution in [0.25, 0.3) is 0 Å². The second kappa shape index (κ2) is 7.50. The molecule has 0 fully saturated rings. The molecule has 31 heavy (non-hydrogen) atoms. The average molecular weight is 442 g/mol. The van der Waals surface area contributed by atoms with Crippen molar-refractivity contribution < 1.29 is 23.1 Å². The van der Waals surface area contributed by atoms with E-state index in [0.29, 0.717) is 24.3 Å². The second-order valence-electron chi connectivity index (χ2n) is 8.66. The van der Waals surface area contributed by atoms with Crippen molar-refractivity contribution in [2.75, 3.05) is 6.54 Å². The molecule has 0 aliphatic carbocycles. The molecule has 2 aliphatic heterocycles. The van der Waals surface area contributed by atoms with E-state index in [-0.39, 0.29) is 15.7 Å². The van der Waals surface area contributed by atoms with E-state index >= 15 is 0 Å². The first kappa shape index (κ1) is 21.6. The minimum Gasteiger partial charge on any atom is -0.485 e. The Morgan fingerprint density at radius 3 is 2.42 bits per heavy atom. The zero-order valence-corrected chi connectivity index (χ0v) is 18.9. The zero-order chi connectivity index (χ0) is 22.6. The largest absolute Gasteiger partial charge is 0.485 e. The molecule has 2 aliphatic rings. The molecule has 2 aromatic rings. The fraction of sp³-hybridized carbons (Fsp3) is 0.375. The van der Waals surface area contributed by atoms with Gasteiger partial charge in [-0.25, -0.2) is 8.42 Å². The van der Waals surface area contributed by atoms with Crippen LogP contribution in [0.3, 0.4) is 0 Å². The highest BCUT2D eigenvalue weighted by molar-refractivity contribution is 7.91. The van der Waals surface area contributed by atoms with Crippen LogP contribution in [0.1, 0.15) is 45.7 Å². The average Bonchev–Trinajstić information content (AvgIpc) is 3.02. The molecule has 0 bridgehead atoms. The van der Waals surface area contributed by atoms with Gasteiger partial charge in [-0.3, -0.25) is 4.79 Å². The summed E-state index contributed by atoms with van der Waals surface area (Å²) >= 11 is 0. The fourth-order valence-corrected chi connectivity index (χ4v) is 5.76. The molecule has 1 N–H and O–H groups in total. The monoisotopic (exact) mass is 441 g/mol. The summed E-state index contributed by atoms with van der Waals surface area (Å²) in [6.07, 6.45) is -0.415. The zero-order valence-electron chi connectivity index (χ0n) is 18.1. The molecule has 0 spiro atoms. The van der Waals surface area contributed by atoms with Gasteiger partial charge in [0, 0.05) is 17.7 Å². The van der Waals surface area contributed by atoms with Gasteiger partial charge in [-0.1, -0.05) is 25.1 Å². The number of benzene rings is 2. The Kier molecular flexibility index (Phi) is 5.22. The van der Waals surface area contributed by atoms with E-state index in [2.05, 4.69) is 0 Å². The van der Waals surface area contributed by atoms with E-state index in [9.17, 15) is 18.3 Å². The van der Waals surface area contributed by atoms with Crippen molar-refractivity contribution in [3.63, 3.8) is 0 Å². The summed E-state index contributed by atoms with van der Waals surface area (Å²) < 4.78 is 32.4. The Morgan fingerprint density at radius 1 is 1.13 bits per heavy atom. The Bertz CT molecular complexity index is 1170. The molecule has 2 heterocycles. The highest BCUT2D eigenvalue weighted by atomic mass is 32.2. The van der Waals surface area contributed by atoms with Gasteiger partial charge in [0.1, 0.15) is 17.5 Å². The van der Waals surface area contributed by atoms with Gasteiger partial charge in [0.15, 0.2) is 0 Å². The number of nitrogens with zero attached hydrogens (tertiary/aromatic N) is 1. The molecule has 4 rings (SSSR count). The molecule has 2 aromatic carbocycles. The maximum Gasteiger partial charge on any atom is 0.250 e. The molecule has 7 heteroatoms. The Labute approximate surface area is 183 Å². The third kappa shape index (κ3) is 3.46. The smallest absolute Gasteiger partial charge is 0.250 e. The highest BCUT2D eigenvalue weighted by Crippen LogP contribution is 2.46. The number of aliphatic hydroxyl groups excluding tert-OH is 1. The van der Waals surface area contributed by atoms with Crippen LogP contribution >= 0.6 is 0 Å². The molecular formula is C24H27NO5S. The Hall–Kier alpha value is -2.64. The van der Waals surface area contributed by atoms with Crippen molar-refractivity contribution in [1.29, 1.82) is 0 Å². The van der Waals surface area contributed by atoms with Gasteiger partial charge in [0.05, 0.1) is 15.8 Å². The number of hydrogen-bond donors (Lipinski definition) is 1. The summed E-state index contributed by atoms with van der Waals surface area (Å²) in [7, 11) is -3.76. The van der Waals surface area contributed by atoms with Crippen LogP contribution < -0.4 is 4.74 Å². The summed E-state index contributed by atoms with van der Waals surface area (Å²) in [6, 6.07) is 12.2. The number of rotatable bonds is 4. The van der Waals surface area contributed by atoms with Crippen LogP contribution in [-0.4, -0.2) is 42.6 Å². The van der Waals surface area contributed by atoms with Crippen LogP contribution in [-0.2, 0) is 14.6 Å². The van der Waals surface area contributed by atoms with Crippen molar-refractivity contribution in [2.24, 2.45) is 0 Å². The molecule has 1 amide bonds. The predicted octanol–water partition coefficient (Wildman–Crippen LogP) is 3.66. The molecule has 0 saturated carbocycles. The number of aliphatic hydroxyl groups is 1. The van der Waals surface area contributed by atoms with Crippen LogP contribution in [0.15, 0.2) is 69.5 Å². The fourth-order valence-electron chi connectivity index (χ4n) is 4.44. The number of amides is 1. The van der Waals surface area contributed by atoms with Gasteiger partial charge in [-0.05, 0) is 63.1 Å². The van der Waals surface area contributed by atoms with Gasteiger partial charge in [0.2, 0.25) is 9.84 Å². The van der Waals surface area contributed by atoms with Gasteiger partial charge in [0.25, 0.3) is 5.91 Å². The number of carbonyl (C=O) groups is 1. The van der Waals surface area contributed by atoms with E-state index in [1.165, 1.54) is 12.1 Å². The molecule has 0 aromatic heterocycles. The molecule has 0 radical (unpaired) electrons. The summed E-state index contributed by atoms with van der Waals surface area (Å²) in [5.74, 6) is 0.353. The molecule has 2 unspecified atom stereocenters. The topological polar surface area (TPSA) is 83.9 Å². The lowest BCUT2D eigenvalue weighted by Gasteiger charge is -2.45. The summed E-state index contributed by atoms with van der Waals surface area (Å²) in [5, 5.41) is 11.2. The minimum atomic E-state index is -3.76. The first-order valence-corrected chi connectivity index (χ1v) is 11.9. The molecule has 6 nitrogen and oxygen atoms in total. The lowest BCUT2D eigenvalue weighted by atomic mass is 9.85. The van der Waals surface area contributed by atoms with Crippen LogP contribution in [0, 0.1) is 0 Å². The molecule has 0 saturated heterocycles. The maximum absolute atomic E-state index is 13.2. The quantitative estimate of drug-likeness (QED) is 0.783. The third-order valence-electron chi connectivity index (χ3n) is 6.18. The third-order valence-corrected chi connectivity index (χ3v) is 7.95. The highest BCUT2D eigenvalue weighted by Gasteiger charge is 2.48. The van der Waals surface area contributed by atoms with Crippen molar-refractivity contribution in [3.8, 4) is 5.75 Å². The summed E-state index contributed by atoms with van der Waals surface area (Å²) in [4.78, 5) is 15.0. The van der Waals surface area contributed by atoms with Crippen molar-refractivity contribution in [1.82, 2.24) is 4.90 Å². The number of ether oxygens (including phenoxy) is 1. The van der Waals surface area contributed by atoms with Crippen molar-refractivity contribution in [3.05, 3.63) is 65.2 Å².